The van der Waals surface area contributed by atoms with E-state index in [1.807, 2.05) is 17.0 Å². The van der Waals surface area contributed by atoms with Crippen LogP contribution < -0.4 is 19.2 Å². The van der Waals surface area contributed by atoms with Crippen molar-refractivity contribution in [2.75, 3.05) is 38.0 Å². The number of carbonyl (C=O) groups is 1. The van der Waals surface area contributed by atoms with Crippen LogP contribution in [-0.2, 0) is 11.8 Å². The van der Waals surface area contributed by atoms with E-state index in [4.69, 9.17) is 14.2 Å². The molecule has 0 spiro atoms. The summed E-state index contributed by atoms with van der Waals surface area (Å²) in [5.74, 6) is 0.758. The molecule has 0 bridgehead atoms. The minimum atomic E-state index is -0.543. The molecule has 10 nitrogen and oxygen atoms in total. The van der Waals surface area contributed by atoms with Gasteiger partial charge in [0.05, 0.1) is 28.4 Å². The topological polar surface area (TPSA) is 108 Å². The summed E-state index contributed by atoms with van der Waals surface area (Å²) in [6.45, 7) is 2.33. The first-order valence-corrected chi connectivity index (χ1v) is 10.4. The van der Waals surface area contributed by atoms with Crippen LogP contribution in [0.15, 0.2) is 35.3 Å². The molecule has 0 radical (unpaired) electrons. The third-order valence-corrected chi connectivity index (χ3v) is 6.37. The molecule has 2 aliphatic rings. The Morgan fingerprint density at radius 3 is 2.65 bits per heavy atom. The lowest BCUT2D eigenvalue weighted by atomic mass is 10.1. The van der Waals surface area contributed by atoms with Gasteiger partial charge in [0.1, 0.15) is 5.69 Å². The summed E-state index contributed by atoms with van der Waals surface area (Å²) in [7, 11) is 1.80. The van der Waals surface area contributed by atoms with Crippen molar-refractivity contribution < 1.29 is 23.9 Å². The number of nitro groups is 1. The first-order chi connectivity index (χ1) is 15.0. The molecule has 1 saturated heterocycles. The number of thiazole rings is 1. The molecular weight excluding hydrogens is 424 g/mol. The first kappa shape index (κ1) is 19.5. The molecule has 11 heteroatoms. The van der Waals surface area contributed by atoms with E-state index in [9.17, 15) is 14.9 Å². The number of amides is 1. The molecular formula is C20H18N4O6S. The first-order valence-electron chi connectivity index (χ1n) is 9.60. The lowest BCUT2D eigenvalue weighted by Gasteiger charge is -2.28. The molecule has 3 aromatic rings. The SMILES string of the molecule is Cn1c(=NC(=O)c2ccc(N3CCOCC3)c([N+](=O)[O-])c2)sc2cc3c(cc21)OCO3. The van der Waals surface area contributed by atoms with Crippen molar-refractivity contribution in [1.82, 2.24) is 4.57 Å². The highest BCUT2D eigenvalue weighted by atomic mass is 32.1. The molecule has 1 amide bonds. The third kappa shape index (κ3) is 3.51. The van der Waals surface area contributed by atoms with Crippen LogP contribution in [0, 0.1) is 10.1 Å². The number of anilines is 1. The summed E-state index contributed by atoms with van der Waals surface area (Å²) in [6.07, 6.45) is 0. The second-order valence-corrected chi connectivity index (χ2v) is 8.10. The van der Waals surface area contributed by atoms with Gasteiger partial charge in [-0.2, -0.15) is 4.99 Å². The van der Waals surface area contributed by atoms with Gasteiger partial charge >= 0.3 is 0 Å². The average Bonchev–Trinajstić information content (AvgIpc) is 3.36. The fraction of sp³-hybridized carbons (Fsp3) is 0.300. The van der Waals surface area contributed by atoms with Crippen LogP contribution in [0.5, 0.6) is 11.5 Å². The zero-order chi connectivity index (χ0) is 21.5. The molecule has 3 heterocycles. The van der Waals surface area contributed by atoms with E-state index >= 15 is 0 Å². The molecule has 160 valence electrons. The molecule has 0 unspecified atom stereocenters. The summed E-state index contributed by atoms with van der Waals surface area (Å²) in [5, 5.41) is 11.6. The highest BCUT2D eigenvalue weighted by molar-refractivity contribution is 7.16. The van der Waals surface area contributed by atoms with Gasteiger partial charge in [0, 0.05) is 43.9 Å². The largest absolute Gasteiger partial charge is 0.454 e. The molecule has 2 aromatic carbocycles. The minimum absolute atomic E-state index is 0.116. The van der Waals surface area contributed by atoms with E-state index in [0.29, 0.717) is 48.3 Å². The number of nitrogens with zero attached hydrogens (tertiary/aromatic N) is 4. The maximum Gasteiger partial charge on any atom is 0.293 e. The Kier molecular flexibility index (Phi) is 4.83. The lowest BCUT2D eigenvalue weighted by Crippen LogP contribution is -2.36. The maximum absolute atomic E-state index is 12.8. The number of rotatable bonds is 3. The van der Waals surface area contributed by atoms with Crippen molar-refractivity contribution in [2.24, 2.45) is 12.0 Å². The molecule has 0 saturated carbocycles. The number of hydrogen-bond acceptors (Lipinski definition) is 8. The van der Waals surface area contributed by atoms with E-state index in [2.05, 4.69) is 4.99 Å². The molecule has 0 N–H and O–H groups in total. The standard InChI is InChI=1S/C20H18N4O6S/c1-22-15-9-16-17(30-11-29-16)10-18(15)31-20(22)21-19(25)12-2-3-13(14(8-12)24(26)27)23-4-6-28-7-5-23/h2-3,8-10H,4-7,11H2,1H3. The summed E-state index contributed by atoms with van der Waals surface area (Å²) in [5.41, 5.74) is 1.38. The molecule has 31 heavy (non-hydrogen) atoms. The third-order valence-electron chi connectivity index (χ3n) is 5.27. The number of aromatic nitrogens is 1. The van der Waals surface area contributed by atoms with Crippen molar-refractivity contribution in [3.63, 3.8) is 0 Å². The van der Waals surface area contributed by atoms with Crippen LogP contribution in [-0.4, -0.2) is 48.5 Å². The fourth-order valence-corrected chi connectivity index (χ4v) is 4.68. The van der Waals surface area contributed by atoms with Crippen molar-refractivity contribution in [2.45, 2.75) is 0 Å². The number of aryl methyl sites for hydroxylation is 1. The van der Waals surface area contributed by atoms with E-state index in [1.54, 1.807) is 23.7 Å². The zero-order valence-corrected chi connectivity index (χ0v) is 17.4. The second-order valence-electron chi connectivity index (χ2n) is 7.09. The number of morpholine rings is 1. The Bertz CT molecular complexity index is 1270. The quantitative estimate of drug-likeness (QED) is 0.453. The van der Waals surface area contributed by atoms with Crippen LogP contribution in [0.25, 0.3) is 10.2 Å². The van der Waals surface area contributed by atoms with Gasteiger partial charge in [-0.25, -0.2) is 0 Å². The van der Waals surface area contributed by atoms with Crippen molar-refractivity contribution in [3.05, 3.63) is 50.8 Å². The van der Waals surface area contributed by atoms with Gasteiger partial charge in [0.2, 0.25) is 6.79 Å². The van der Waals surface area contributed by atoms with Gasteiger partial charge in [-0.05, 0) is 12.1 Å². The molecule has 0 aliphatic carbocycles. The van der Waals surface area contributed by atoms with Crippen molar-refractivity contribution in [1.29, 1.82) is 0 Å². The van der Waals surface area contributed by atoms with E-state index in [-0.39, 0.29) is 18.0 Å². The van der Waals surface area contributed by atoms with E-state index < -0.39 is 10.8 Å². The predicted octanol–water partition coefficient (Wildman–Crippen LogP) is 2.45. The summed E-state index contributed by atoms with van der Waals surface area (Å²) in [4.78, 5) is 30.6. The Morgan fingerprint density at radius 1 is 1.16 bits per heavy atom. The van der Waals surface area contributed by atoms with Gasteiger partial charge < -0.3 is 23.7 Å². The van der Waals surface area contributed by atoms with Crippen molar-refractivity contribution >= 4 is 38.8 Å². The number of carbonyl (C=O) groups excluding carboxylic acids is 1. The number of ether oxygens (including phenoxy) is 3. The smallest absolute Gasteiger partial charge is 0.293 e. The fourth-order valence-electron chi connectivity index (χ4n) is 3.65. The highest BCUT2D eigenvalue weighted by Gasteiger charge is 2.23. The summed E-state index contributed by atoms with van der Waals surface area (Å²) >= 11 is 1.33. The Hall–Kier alpha value is -3.44. The summed E-state index contributed by atoms with van der Waals surface area (Å²) < 4.78 is 18.8. The molecule has 0 atom stereocenters. The van der Waals surface area contributed by atoms with Gasteiger partial charge in [-0.3, -0.25) is 14.9 Å². The Labute approximate surface area is 180 Å². The van der Waals surface area contributed by atoms with Gasteiger partial charge in [0.25, 0.3) is 11.6 Å². The molecule has 1 aromatic heterocycles. The lowest BCUT2D eigenvalue weighted by molar-refractivity contribution is -0.384. The monoisotopic (exact) mass is 442 g/mol. The average molecular weight is 442 g/mol. The van der Waals surface area contributed by atoms with Gasteiger partial charge in [0.15, 0.2) is 16.3 Å². The van der Waals surface area contributed by atoms with Crippen LogP contribution in [0.3, 0.4) is 0 Å². The summed E-state index contributed by atoms with van der Waals surface area (Å²) in [6, 6.07) is 8.18. The van der Waals surface area contributed by atoms with Crippen LogP contribution >= 0.6 is 11.3 Å². The van der Waals surface area contributed by atoms with E-state index in [0.717, 1.165) is 10.2 Å². The normalized spacial score (nSPS) is 16.2. The maximum atomic E-state index is 12.8. The number of fused-ring (bicyclic) bond motifs is 2. The number of nitro benzene ring substituents is 1. The Morgan fingerprint density at radius 2 is 1.90 bits per heavy atom. The molecule has 5 rings (SSSR count). The minimum Gasteiger partial charge on any atom is -0.454 e. The van der Waals surface area contributed by atoms with Crippen LogP contribution in [0.4, 0.5) is 11.4 Å². The van der Waals surface area contributed by atoms with Gasteiger partial charge in [-0.1, -0.05) is 11.3 Å². The zero-order valence-electron chi connectivity index (χ0n) is 16.6. The number of benzene rings is 2. The Balaban J connectivity index is 1.51. The number of hydrogen-bond donors (Lipinski definition) is 0. The molecule has 2 aliphatic heterocycles. The molecule has 1 fully saturated rings. The van der Waals surface area contributed by atoms with Gasteiger partial charge in [-0.15, -0.1) is 0 Å². The van der Waals surface area contributed by atoms with Crippen molar-refractivity contribution in [3.8, 4) is 11.5 Å². The van der Waals surface area contributed by atoms with Crippen LogP contribution in [0.1, 0.15) is 10.4 Å². The predicted molar refractivity (Wildman–Crippen MR) is 113 cm³/mol. The second kappa shape index (κ2) is 7.67. The van der Waals surface area contributed by atoms with E-state index in [1.165, 1.54) is 17.4 Å². The highest BCUT2D eigenvalue weighted by Crippen LogP contribution is 2.36. The van der Waals surface area contributed by atoms with Crippen LogP contribution in [0.2, 0.25) is 0 Å².